The van der Waals surface area contributed by atoms with Gasteiger partial charge in [0, 0.05) is 23.7 Å². The Labute approximate surface area is 132 Å². The highest BCUT2D eigenvalue weighted by Crippen LogP contribution is 2.35. The molecule has 0 aliphatic rings. The largest absolute Gasteiger partial charge is 0.337 e. The molecule has 0 aliphatic carbocycles. The molecule has 0 saturated heterocycles. The van der Waals surface area contributed by atoms with E-state index in [0.717, 1.165) is 15.6 Å². The van der Waals surface area contributed by atoms with Gasteiger partial charge in [0.25, 0.3) is 5.91 Å². The Morgan fingerprint density at radius 1 is 1.10 bits per heavy atom. The third kappa shape index (κ3) is 2.80. The van der Waals surface area contributed by atoms with Crippen LogP contribution in [0, 0.1) is 0 Å². The molecule has 0 bridgehead atoms. The SMILES string of the molecule is CN(Cc1ccccc1)C(=O)c1sc2ccccc2c1Cl. The second kappa shape index (κ2) is 5.88. The molecule has 2 nitrogen and oxygen atoms in total. The second-order valence-corrected chi connectivity index (χ2v) is 6.32. The summed E-state index contributed by atoms with van der Waals surface area (Å²) < 4.78 is 1.04. The van der Waals surface area contributed by atoms with Crippen LogP contribution >= 0.6 is 22.9 Å². The zero-order chi connectivity index (χ0) is 14.8. The molecular formula is C17H14ClNOS. The highest BCUT2D eigenvalue weighted by molar-refractivity contribution is 7.21. The zero-order valence-electron chi connectivity index (χ0n) is 11.5. The van der Waals surface area contributed by atoms with Crippen LogP contribution in [0.4, 0.5) is 0 Å². The van der Waals surface area contributed by atoms with Crippen LogP contribution in [0.1, 0.15) is 15.2 Å². The maximum absolute atomic E-state index is 12.6. The summed E-state index contributed by atoms with van der Waals surface area (Å²) in [4.78, 5) is 14.9. The number of carbonyl (C=O) groups excluding carboxylic acids is 1. The van der Waals surface area contributed by atoms with E-state index < -0.39 is 0 Å². The number of halogens is 1. The standard InChI is InChI=1S/C17H14ClNOS/c1-19(11-12-7-3-2-4-8-12)17(20)16-15(18)13-9-5-6-10-14(13)21-16/h2-10H,11H2,1H3. The second-order valence-electron chi connectivity index (χ2n) is 4.89. The Morgan fingerprint density at radius 2 is 1.76 bits per heavy atom. The van der Waals surface area contributed by atoms with Crippen molar-refractivity contribution in [2.45, 2.75) is 6.54 Å². The molecule has 0 aliphatic heterocycles. The van der Waals surface area contributed by atoms with Crippen LogP contribution in [0.3, 0.4) is 0 Å². The number of hydrogen-bond acceptors (Lipinski definition) is 2. The Balaban J connectivity index is 1.88. The average molecular weight is 316 g/mol. The van der Waals surface area contributed by atoms with E-state index >= 15 is 0 Å². The Hall–Kier alpha value is -1.84. The fourth-order valence-electron chi connectivity index (χ4n) is 2.25. The van der Waals surface area contributed by atoms with Crippen molar-refractivity contribution in [2.75, 3.05) is 7.05 Å². The van der Waals surface area contributed by atoms with E-state index in [1.165, 1.54) is 11.3 Å². The fraction of sp³-hybridized carbons (Fsp3) is 0.118. The van der Waals surface area contributed by atoms with Crippen molar-refractivity contribution in [1.29, 1.82) is 0 Å². The highest BCUT2D eigenvalue weighted by atomic mass is 35.5. The topological polar surface area (TPSA) is 20.3 Å². The van der Waals surface area contributed by atoms with E-state index in [1.54, 1.807) is 11.9 Å². The predicted octanol–water partition coefficient (Wildman–Crippen LogP) is 4.83. The minimum atomic E-state index is -0.0370. The smallest absolute Gasteiger partial charge is 0.265 e. The fourth-order valence-corrected chi connectivity index (χ4v) is 3.76. The summed E-state index contributed by atoms with van der Waals surface area (Å²) >= 11 is 7.81. The van der Waals surface area contributed by atoms with Gasteiger partial charge in [0.05, 0.1) is 5.02 Å². The number of benzene rings is 2. The number of carbonyl (C=O) groups is 1. The van der Waals surface area contributed by atoms with E-state index in [2.05, 4.69) is 0 Å². The molecule has 0 N–H and O–H groups in total. The quantitative estimate of drug-likeness (QED) is 0.678. The molecule has 3 rings (SSSR count). The van der Waals surface area contributed by atoms with Crippen LogP contribution in [0.15, 0.2) is 54.6 Å². The van der Waals surface area contributed by atoms with E-state index in [0.29, 0.717) is 16.4 Å². The van der Waals surface area contributed by atoms with Crippen LogP contribution in [0.25, 0.3) is 10.1 Å². The van der Waals surface area contributed by atoms with Gasteiger partial charge in [0.15, 0.2) is 0 Å². The van der Waals surface area contributed by atoms with Gasteiger partial charge in [-0.05, 0) is 11.6 Å². The average Bonchev–Trinajstić information content (AvgIpc) is 2.85. The highest BCUT2D eigenvalue weighted by Gasteiger charge is 2.20. The minimum Gasteiger partial charge on any atom is -0.337 e. The summed E-state index contributed by atoms with van der Waals surface area (Å²) in [7, 11) is 1.80. The first-order valence-corrected chi connectivity index (χ1v) is 7.82. The molecule has 106 valence electrons. The molecular weight excluding hydrogens is 302 g/mol. The van der Waals surface area contributed by atoms with Crippen molar-refractivity contribution in [2.24, 2.45) is 0 Å². The molecule has 21 heavy (non-hydrogen) atoms. The van der Waals surface area contributed by atoms with Crippen LogP contribution in [0.5, 0.6) is 0 Å². The normalized spacial score (nSPS) is 10.8. The third-order valence-electron chi connectivity index (χ3n) is 3.34. The van der Waals surface area contributed by atoms with Gasteiger partial charge in [-0.25, -0.2) is 0 Å². The number of amides is 1. The van der Waals surface area contributed by atoms with Gasteiger partial charge in [-0.15, -0.1) is 11.3 Å². The van der Waals surface area contributed by atoms with Crippen LogP contribution < -0.4 is 0 Å². The van der Waals surface area contributed by atoms with Crippen molar-refractivity contribution in [3.63, 3.8) is 0 Å². The van der Waals surface area contributed by atoms with Crippen molar-refractivity contribution < 1.29 is 4.79 Å². The predicted molar refractivity (Wildman–Crippen MR) is 89.1 cm³/mol. The van der Waals surface area contributed by atoms with Crippen molar-refractivity contribution in [3.05, 3.63) is 70.1 Å². The van der Waals surface area contributed by atoms with Crippen LogP contribution in [-0.4, -0.2) is 17.9 Å². The van der Waals surface area contributed by atoms with Crippen molar-refractivity contribution in [3.8, 4) is 0 Å². The van der Waals surface area contributed by atoms with Gasteiger partial charge in [0.1, 0.15) is 4.88 Å². The molecule has 2 aromatic carbocycles. The van der Waals surface area contributed by atoms with E-state index in [4.69, 9.17) is 11.6 Å². The van der Waals surface area contributed by atoms with Crippen molar-refractivity contribution >= 4 is 38.9 Å². The number of nitrogens with zero attached hydrogens (tertiary/aromatic N) is 1. The van der Waals surface area contributed by atoms with Gasteiger partial charge in [-0.3, -0.25) is 4.79 Å². The van der Waals surface area contributed by atoms with Crippen LogP contribution in [0.2, 0.25) is 5.02 Å². The number of hydrogen-bond donors (Lipinski definition) is 0. The maximum atomic E-state index is 12.6. The minimum absolute atomic E-state index is 0.0370. The summed E-state index contributed by atoms with van der Waals surface area (Å²) in [5.74, 6) is -0.0370. The first-order chi connectivity index (χ1) is 10.2. The monoisotopic (exact) mass is 315 g/mol. The van der Waals surface area contributed by atoms with E-state index in [9.17, 15) is 4.79 Å². The number of fused-ring (bicyclic) bond motifs is 1. The molecule has 1 aromatic heterocycles. The lowest BCUT2D eigenvalue weighted by molar-refractivity contribution is 0.0790. The molecule has 4 heteroatoms. The molecule has 0 fully saturated rings. The Kier molecular flexibility index (Phi) is 3.95. The first-order valence-electron chi connectivity index (χ1n) is 6.63. The maximum Gasteiger partial charge on any atom is 0.265 e. The lowest BCUT2D eigenvalue weighted by Gasteiger charge is -2.16. The Morgan fingerprint density at radius 3 is 2.48 bits per heavy atom. The Bertz CT molecular complexity index is 782. The number of rotatable bonds is 3. The summed E-state index contributed by atoms with van der Waals surface area (Å²) in [5, 5.41) is 1.50. The third-order valence-corrected chi connectivity index (χ3v) is 5.00. The summed E-state index contributed by atoms with van der Waals surface area (Å²) in [6.07, 6.45) is 0. The van der Waals surface area contributed by atoms with Gasteiger partial charge in [-0.2, -0.15) is 0 Å². The van der Waals surface area contributed by atoms with Gasteiger partial charge < -0.3 is 4.90 Å². The lowest BCUT2D eigenvalue weighted by Crippen LogP contribution is -2.25. The van der Waals surface area contributed by atoms with E-state index in [1.807, 2.05) is 54.6 Å². The lowest BCUT2D eigenvalue weighted by atomic mass is 10.2. The summed E-state index contributed by atoms with van der Waals surface area (Å²) in [6.45, 7) is 0.574. The first kappa shape index (κ1) is 14.1. The summed E-state index contributed by atoms with van der Waals surface area (Å²) in [6, 6.07) is 17.8. The van der Waals surface area contributed by atoms with Crippen molar-refractivity contribution in [1.82, 2.24) is 4.90 Å². The van der Waals surface area contributed by atoms with Gasteiger partial charge in [-0.1, -0.05) is 60.1 Å². The van der Waals surface area contributed by atoms with E-state index in [-0.39, 0.29) is 5.91 Å². The molecule has 0 radical (unpaired) electrons. The molecule has 0 saturated carbocycles. The molecule has 0 atom stereocenters. The number of thiophene rings is 1. The van der Waals surface area contributed by atoms with Gasteiger partial charge in [0.2, 0.25) is 0 Å². The molecule has 1 amide bonds. The zero-order valence-corrected chi connectivity index (χ0v) is 13.1. The molecule has 1 heterocycles. The summed E-state index contributed by atoms with van der Waals surface area (Å²) in [5.41, 5.74) is 1.10. The molecule has 3 aromatic rings. The molecule has 0 spiro atoms. The van der Waals surface area contributed by atoms with Crippen LogP contribution in [-0.2, 0) is 6.54 Å². The van der Waals surface area contributed by atoms with Gasteiger partial charge >= 0.3 is 0 Å². The molecule has 0 unspecified atom stereocenters.